The van der Waals surface area contributed by atoms with Gasteiger partial charge in [-0.15, -0.1) is 0 Å². The third-order valence-corrected chi connectivity index (χ3v) is 3.27. The van der Waals surface area contributed by atoms with Gasteiger partial charge in [0.05, 0.1) is 0 Å². The second-order valence-electron chi connectivity index (χ2n) is 4.67. The summed E-state index contributed by atoms with van der Waals surface area (Å²) in [7, 11) is 0. The summed E-state index contributed by atoms with van der Waals surface area (Å²) in [6.07, 6.45) is 3.12. The molecule has 0 spiro atoms. The number of amides is 2. The summed E-state index contributed by atoms with van der Waals surface area (Å²) in [6.45, 7) is 2.55. The smallest absolute Gasteiger partial charge is 0.220 e. The molecule has 2 saturated heterocycles. The molecule has 0 bridgehead atoms. The lowest BCUT2D eigenvalue weighted by Gasteiger charge is -2.13. The Morgan fingerprint density at radius 1 is 1.44 bits per heavy atom. The number of rotatable bonds is 4. The fraction of sp³-hybridized carbons (Fsp3) is 0.818. The number of carbonyl (C=O) groups excluding carboxylic acids is 2. The van der Waals surface area contributed by atoms with E-state index in [9.17, 15) is 9.59 Å². The van der Waals surface area contributed by atoms with Crippen LogP contribution in [0, 0.1) is 5.92 Å². The maximum Gasteiger partial charge on any atom is 0.220 e. The molecule has 2 unspecified atom stereocenters. The molecule has 5 heteroatoms. The van der Waals surface area contributed by atoms with E-state index in [-0.39, 0.29) is 17.9 Å². The molecule has 2 fully saturated rings. The summed E-state index contributed by atoms with van der Waals surface area (Å²) in [5, 5.41) is 8.97. The molecule has 2 aliphatic rings. The molecule has 2 aliphatic heterocycles. The minimum atomic E-state index is 0.0965. The Morgan fingerprint density at radius 3 is 2.94 bits per heavy atom. The van der Waals surface area contributed by atoms with Crippen LogP contribution in [0.1, 0.15) is 25.7 Å². The standard InChI is InChI=1S/C11H19N3O2/c15-10-2-1-9(14-10)7-13-11(16)5-8-3-4-12-6-8/h8-9,12H,1-7H2,(H,13,16)(H,14,15). The van der Waals surface area contributed by atoms with Crippen LogP contribution >= 0.6 is 0 Å². The lowest BCUT2D eigenvalue weighted by molar-refractivity contribution is -0.122. The fourth-order valence-corrected chi connectivity index (χ4v) is 2.29. The van der Waals surface area contributed by atoms with Crippen LogP contribution in [0.2, 0.25) is 0 Å². The normalized spacial score (nSPS) is 29.1. The van der Waals surface area contributed by atoms with Crippen LogP contribution in [-0.4, -0.2) is 37.5 Å². The Morgan fingerprint density at radius 2 is 2.31 bits per heavy atom. The van der Waals surface area contributed by atoms with E-state index in [0.29, 0.717) is 25.3 Å². The molecule has 16 heavy (non-hydrogen) atoms. The summed E-state index contributed by atoms with van der Waals surface area (Å²) in [6, 6.07) is 0.137. The summed E-state index contributed by atoms with van der Waals surface area (Å²) >= 11 is 0. The molecular weight excluding hydrogens is 206 g/mol. The predicted octanol–water partition coefficient (Wildman–Crippen LogP) is -0.619. The summed E-state index contributed by atoms with van der Waals surface area (Å²) in [5.74, 6) is 0.687. The molecular formula is C11H19N3O2. The Bertz CT molecular complexity index is 274. The van der Waals surface area contributed by atoms with Crippen LogP contribution in [0.15, 0.2) is 0 Å². The second-order valence-corrected chi connectivity index (χ2v) is 4.67. The summed E-state index contributed by atoms with van der Waals surface area (Å²) in [5.41, 5.74) is 0. The monoisotopic (exact) mass is 225 g/mol. The zero-order valence-corrected chi connectivity index (χ0v) is 9.42. The molecule has 0 aromatic heterocycles. The molecule has 2 amide bonds. The average Bonchev–Trinajstić information content (AvgIpc) is 2.87. The zero-order valence-electron chi connectivity index (χ0n) is 9.42. The first kappa shape index (κ1) is 11.4. The van der Waals surface area contributed by atoms with E-state index in [1.807, 2.05) is 0 Å². The molecule has 90 valence electrons. The lowest BCUT2D eigenvalue weighted by Crippen LogP contribution is -2.39. The Labute approximate surface area is 95.3 Å². The summed E-state index contributed by atoms with van der Waals surface area (Å²) < 4.78 is 0. The third-order valence-electron chi connectivity index (χ3n) is 3.27. The number of hydrogen-bond donors (Lipinski definition) is 3. The number of carbonyl (C=O) groups is 2. The second kappa shape index (κ2) is 5.30. The molecule has 0 aliphatic carbocycles. The van der Waals surface area contributed by atoms with Gasteiger partial charge in [0.15, 0.2) is 0 Å². The van der Waals surface area contributed by atoms with Crippen molar-refractivity contribution in [2.24, 2.45) is 5.92 Å². The molecule has 3 N–H and O–H groups in total. The van der Waals surface area contributed by atoms with Crippen molar-refractivity contribution in [3.8, 4) is 0 Å². The van der Waals surface area contributed by atoms with Gasteiger partial charge in [0.1, 0.15) is 0 Å². The van der Waals surface area contributed by atoms with Crippen molar-refractivity contribution in [2.45, 2.75) is 31.7 Å². The minimum absolute atomic E-state index is 0.0965. The highest BCUT2D eigenvalue weighted by atomic mass is 16.2. The lowest BCUT2D eigenvalue weighted by atomic mass is 10.0. The molecule has 0 saturated carbocycles. The van der Waals surface area contributed by atoms with Crippen molar-refractivity contribution in [3.63, 3.8) is 0 Å². The fourth-order valence-electron chi connectivity index (χ4n) is 2.29. The van der Waals surface area contributed by atoms with Crippen molar-refractivity contribution in [1.82, 2.24) is 16.0 Å². The maximum atomic E-state index is 11.6. The van der Waals surface area contributed by atoms with Gasteiger partial charge in [-0.3, -0.25) is 9.59 Å². The highest BCUT2D eigenvalue weighted by Crippen LogP contribution is 2.11. The first-order valence-electron chi connectivity index (χ1n) is 6.01. The SMILES string of the molecule is O=C(CC1CCNC1)NCC1CCC(=O)N1. The first-order chi connectivity index (χ1) is 7.74. The molecule has 0 aromatic rings. The molecule has 0 aromatic carbocycles. The van der Waals surface area contributed by atoms with Gasteiger partial charge in [0, 0.05) is 25.4 Å². The molecule has 2 heterocycles. The van der Waals surface area contributed by atoms with Crippen molar-refractivity contribution in [3.05, 3.63) is 0 Å². The van der Waals surface area contributed by atoms with E-state index in [1.165, 1.54) is 0 Å². The van der Waals surface area contributed by atoms with E-state index in [1.54, 1.807) is 0 Å². The topological polar surface area (TPSA) is 70.2 Å². The Hall–Kier alpha value is -1.10. The van der Waals surface area contributed by atoms with Crippen LogP contribution in [0.5, 0.6) is 0 Å². The molecule has 2 atom stereocenters. The minimum Gasteiger partial charge on any atom is -0.354 e. The molecule has 5 nitrogen and oxygen atoms in total. The third kappa shape index (κ3) is 3.20. The van der Waals surface area contributed by atoms with Crippen molar-refractivity contribution in [2.75, 3.05) is 19.6 Å². The van der Waals surface area contributed by atoms with E-state index < -0.39 is 0 Å². The van der Waals surface area contributed by atoms with Gasteiger partial charge in [-0.1, -0.05) is 0 Å². The zero-order chi connectivity index (χ0) is 11.4. The van der Waals surface area contributed by atoms with Crippen LogP contribution in [-0.2, 0) is 9.59 Å². The largest absolute Gasteiger partial charge is 0.354 e. The quantitative estimate of drug-likeness (QED) is 0.597. The van der Waals surface area contributed by atoms with Crippen LogP contribution < -0.4 is 16.0 Å². The van der Waals surface area contributed by atoms with Crippen molar-refractivity contribution in [1.29, 1.82) is 0 Å². The van der Waals surface area contributed by atoms with Crippen molar-refractivity contribution >= 4 is 11.8 Å². The van der Waals surface area contributed by atoms with Crippen LogP contribution in [0.3, 0.4) is 0 Å². The Kier molecular flexibility index (Phi) is 3.77. The first-order valence-corrected chi connectivity index (χ1v) is 6.01. The van der Waals surface area contributed by atoms with Crippen molar-refractivity contribution < 1.29 is 9.59 Å². The van der Waals surface area contributed by atoms with Gasteiger partial charge in [-0.2, -0.15) is 0 Å². The highest BCUT2D eigenvalue weighted by Gasteiger charge is 2.22. The van der Waals surface area contributed by atoms with Gasteiger partial charge in [0.2, 0.25) is 11.8 Å². The van der Waals surface area contributed by atoms with E-state index in [4.69, 9.17) is 0 Å². The van der Waals surface area contributed by atoms with Gasteiger partial charge in [-0.05, 0) is 31.8 Å². The van der Waals surface area contributed by atoms with Gasteiger partial charge >= 0.3 is 0 Å². The number of nitrogens with one attached hydrogen (secondary N) is 3. The van der Waals surface area contributed by atoms with Crippen LogP contribution in [0.4, 0.5) is 0 Å². The average molecular weight is 225 g/mol. The van der Waals surface area contributed by atoms with E-state index in [2.05, 4.69) is 16.0 Å². The van der Waals surface area contributed by atoms with Gasteiger partial charge < -0.3 is 16.0 Å². The number of hydrogen-bond acceptors (Lipinski definition) is 3. The van der Waals surface area contributed by atoms with E-state index in [0.717, 1.165) is 25.9 Å². The van der Waals surface area contributed by atoms with E-state index >= 15 is 0 Å². The molecule has 2 rings (SSSR count). The highest BCUT2D eigenvalue weighted by molar-refractivity contribution is 5.79. The summed E-state index contributed by atoms with van der Waals surface area (Å²) in [4.78, 5) is 22.5. The Balaban J connectivity index is 1.61. The molecule has 0 radical (unpaired) electrons. The maximum absolute atomic E-state index is 11.6. The van der Waals surface area contributed by atoms with Crippen LogP contribution in [0.25, 0.3) is 0 Å². The van der Waals surface area contributed by atoms with Gasteiger partial charge in [-0.25, -0.2) is 0 Å². The predicted molar refractivity (Wildman–Crippen MR) is 59.8 cm³/mol. The van der Waals surface area contributed by atoms with Gasteiger partial charge in [0.25, 0.3) is 0 Å².